The fourth-order valence-electron chi connectivity index (χ4n) is 3.25. The highest BCUT2D eigenvalue weighted by atomic mass is 16.2. The van der Waals surface area contributed by atoms with Gasteiger partial charge in [0.05, 0.1) is 11.6 Å². The first-order valence-electron chi connectivity index (χ1n) is 8.13. The number of likely N-dealkylation sites (tertiary alicyclic amines) is 1. The predicted octanol–water partition coefficient (Wildman–Crippen LogP) is 2.73. The summed E-state index contributed by atoms with van der Waals surface area (Å²) in [5.41, 5.74) is 2.25. The van der Waals surface area contributed by atoms with Crippen LogP contribution in [-0.4, -0.2) is 48.1 Å². The summed E-state index contributed by atoms with van der Waals surface area (Å²) in [5, 5.41) is 11.9. The highest BCUT2D eigenvalue weighted by molar-refractivity contribution is 5.90. The van der Waals surface area contributed by atoms with Gasteiger partial charge in [-0.25, -0.2) is 4.79 Å². The standard InChI is InChI=1S/C18H22N4O/c1-14-4-5-15(13-19)12-17(14)20-18(23)22-10-6-16(7-11-22)21-8-2-3-9-21/h2-5,12,16H,6-11H2,1H3,(H,20,23). The van der Waals surface area contributed by atoms with Crippen molar-refractivity contribution in [3.63, 3.8) is 0 Å². The minimum absolute atomic E-state index is 0.0683. The van der Waals surface area contributed by atoms with Gasteiger partial charge in [-0.2, -0.15) is 5.26 Å². The van der Waals surface area contributed by atoms with Crippen LogP contribution in [0.2, 0.25) is 0 Å². The molecule has 3 rings (SSSR count). The Hall–Kier alpha value is -2.32. The fourth-order valence-corrected chi connectivity index (χ4v) is 3.25. The lowest BCUT2D eigenvalue weighted by Gasteiger charge is -2.36. The monoisotopic (exact) mass is 310 g/mol. The Bertz CT molecular complexity index is 645. The third-order valence-electron chi connectivity index (χ3n) is 4.72. The number of hydrogen-bond acceptors (Lipinski definition) is 3. The van der Waals surface area contributed by atoms with Gasteiger partial charge in [0.15, 0.2) is 0 Å². The number of nitrogens with one attached hydrogen (secondary N) is 1. The molecule has 2 amide bonds. The Morgan fingerprint density at radius 3 is 2.61 bits per heavy atom. The molecule has 1 fully saturated rings. The molecule has 0 unspecified atom stereocenters. The summed E-state index contributed by atoms with van der Waals surface area (Å²) < 4.78 is 0. The van der Waals surface area contributed by atoms with Gasteiger partial charge in [0.25, 0.3) is 0 Å². The van der Waals surface area contributed by atoms with E-state index in [1.807, 2.05) is 17.9 Å². The third-order valence-corrected chi connectivity index (χ3v) is 4.72. The number of urea groups is 1. The SMILES string of the molecule is Cc1ccc(C#N)cc1NC(=O)N1CCC(N2CC=CC2)CC1. The van der Waals surface area contributed by atoms with Gasteiger partial charge < -0.3 is 10.2 Å². The molecule has 0 saturated carbocycles. The Morgan fingerprint density at radius 2 is 1.96 bits per heavy atom. The van der Waals surface area contributed by atoms with Crippen LogP contribution in [0.3, 0.4) is 0 Å². The van der Waals surface area contributed by atoms with Crippen LogP contribution in [-0.2, 0) is 0 Å². The molecule has 5 nitrogen and oxygen atoms in total. The van der Waals surface area contributed by atoms with Crippen molar-refractivity contribution in [2.45, 2.75) is 25.8 Å². The number of nitriles is 1. The predicted molar refractivity (Wildman–Crippen MR) is 90.2 cm³/mol. The molecule has 0 spiro atoms. The van der Waals surface area contributed by atoms with Crippen LogP contribution in [0.15, 0.2) is 30.4 Å². The summed E-state index contributed by atoms with van der Waals surface area (Å²) in [4.78, 5) is 16.8. The Balaban J connectivity index is 1.56. The van der Waals surface area contributed by atoms with Gasteiger partial charge in [0.2, 0.25) is 0 Å². The van der Waals surface area contributed by atoms with Crippen LogP contribution in [0, 0.1) is 18.3 Å². The number of carbonyl (C=O) groups excluding carboxylic acids is 1. The van der Waals surface area contributed by atoms with Crippen molar-refractivity contribution in [2.75, 3.05) is 31.5 Å². The highest BCUT2D eigenvalue weighted by Crippen LogP contribution is 2.21. The molecular weight excluding hydrogens is 288 g/mol. The van der Waals surface area contributed by atoms with E-state index in [-0.39, 0.29) is 6.03 Å². The van der Waals surface area contributed by atoms with Crippen LogP contribution in [0.1, 0.15) is 24.0 Å². The average molecular weight is 310 g/mol. The van der Waals surface area contributed by atoms with E-state index in [1.54, 1.807) is 12.1 Å². The maximum atomic E-state index is 12.5. The summed E-state index contributed by atoms with van der Waals surface area (Å²) in [7, 11) is 0. The second-order valence-electron chi connectivity index (χ2n) is 6.22. The molecule has 0 bridgehead atoms. The zero-order valence-electron chi connectivity index (χ0n) is 13.5. The van der Waals surface area contributed by atoms with E-state index < -0.39 is 0 Å². The molecule has 1 aromatic carbocycles. The molecule has 5 heteroatoms. The average Bonchev–Trinajstić information content (AvgIpc) is 3.11. The van der Waals surface area contributed by atoms with Crippen LogP contribution >= 0.6 is 0 Å². The molecular formula is C18H22N4O. The summed E-state index contributed by atoms with van der Waals surface area (Å²) in [5.74, 6) is 0. The van der Waals surface area contributed by atoms with Crippen LogP contribution < -0.4 is 5.32 Å². The van der Waals surface area contributed by atoms with Crippen LogP contribution in [0.25, 0.3) is 0 Å². The first-order chi connectivity index (χ1) is 11.2. The smallest absolute Gasteiger partial charge is 0.321 e. The van der Waals surface area contributed by atoms with Crippen molar-refractivity contribution in [1.82, 2.24) is 9.80 Å². The molecule has 23 heavy (non-hydrogen) atoms. The van der Waals surface area contributed by atoms with Crippen LogP contribution in [0.5, 0.6) is 0 Å². The van der Waals surface area contributed by atoms with Crippen LogP contribution in [0.4, 0.5) is 10.5 Å². The highest BCUT2D eigenvalue weighted by Gasteiger charge is 2.27. The van der Waals surface area contributed by atoms with Gasteiger partial charge >= 0.3 is 6.03 Å². The maximum absolute atomic E-state index is 12.5. The van der Waals surface area contributed by atoms with E-state index in [0.29, 0.717) is 11.6 Å². The number of amides is 2. The van der Waals surface area contributed by atoms with Gasteiger partial charge in [0, 0.05) is 37.9 Å². The molecule has 0 atom stereocenters. The zero-order chi connectivity index (χ0) is 16.2. The number of aryl methyl sites for hydroxylation is 1. The molecule has 2 aliphatic heterocycles. The van der Waals surface area contributed by atoms with E-state index in [1.165, 1.54) is 0 Å². The number of rotatable bonds is 2. The number of anilines is 1. The van der Waals surface area contributed by atoms with E-state index in [4.69, 9.17) is 5.26 Å². The minimum Gasteiger partial charge on any atom is -0.324 e. The second-order valence-corrected chi connectivity index (χ2v) is 6.22. The minimum atomic E-state index is -0.0683. The topological polar surface area (TPSA) is 59.4 Å². The quantitative estimate of drug-likeness (QED) is 0.855. The molecule has 120 valence electrons. The van der Waals surface area contributed by atoms with Gasteiger partial charge in [-0.15, -0.1) is 0 Å². The largest absolute Gasteiger partial charge is 0.324 e. The van der Waals surface area contributed by atoms with Crippen molar-refractivity contribution in [3.05, 3.63) is 41.5 Å². The molecule has 1 saturated heterocycles. The van der Waals surface area contributed by atoms with E-state index >= 15 is 0 Å². The molecule has 0 radical (unpaired) electrons. The van der Waals surface area contributed by atoms with Crippen molar-refractivity contribution < 1.29 is 4.79 Å². The summed E-state index contributed by atoms with van der Waals surface area (Å²) in [6.45, 7) is 5.57. The Labute approximate surface area is 137 Å². The summed E-state index contributed by atoms with van der Waals surface area (Å²) in [6.07, 6.45) is 6.46. The molecule has 2 heterocycles. The van der Waals surface area contributed by atoms with Crippen molar-refractivity contribution in [1.29, 1.82) is 5.26 Å². The fraction of sp³-hybridized carbons (Fsp3) is 0.444. The van der Waals surface area contributed by atoms with Gasteiger partial charge in [-0.05, 0) is 37.5 Å². The molecule has 0 aromatic heterocycles. The van der Waals surface area contributed by atoms with Crippen molar-refractivity contribution in [2.24, 2.45) is 0 Å². The lowest BCUT2D eigenvalue weighted by atomic mass is 10.0. The van der Waals surface area contributed by atoms with Gasteiger partial charge in [-0.1, -0.05) is 18.2 Å². The molecule has 0 aliphatic carbocycles. The lowest BCUT2D eigenvalue weighted by molar-refractivity contribution is 0.144. The number of piperidine rings is 1. The third kappa shape index (κ3) is 3.54. The maximum Gasteiger partial charge on any atom is 0.321 e. The van der Waals surface area contributed by atoms with Gasteiger partial charge in [0.1, 0.15) is 0 Å². The number of benzene rings is 1. The molecule has 1 aromatic rings. The number of carbonyl (C=O) groups is 1. The number of nitrogens with zero attached hydrogens (tertiary/aromatic N) is 3. The number of hydrogen-bond donors (Lipinski definition) is 1. The molecule has 1 N–H and O–H groups in total. The van der Waals surface area contributed by atoms with E-state index in [0.717, 1.165) is 50.3 Å². The van der Waals surface area contributed by atoms with E-state index in [2.05, 4.69) is 28.4 Å². The van der Waals surface area contributed by atoms with E-state index in [9.17, 15) is 4.79 Å². The first kappa shape index (κ1) is 15.6. The Morgan fingerprint density at radius 1 is 1.26 bits per heavy atom. The van der Waals surface area contributed by atoms with Gasteiger partial charge in [-0.3, -0.25) is 4.90 Å². The Kier molecular flexibility index (Phi) is 4.63. The lowest BCUT2D eigenvalue weighted by Crippen LogP contribution is -2.47. The summed E-state index contributed by atoms with van der Waals surface area (Å²) >= 11 is 0. The normalized spacial score (nSPS) is 18.9. The summed E-state index contributed by atoms with van der Waals surface area (Å²) in [6, 6.07) is 7.98. The second kappa shape index (κ2) is 6.84. The molecule has 2 aliphatic rings. The van der Waals surface area contributed by atoms with Crippen molar-refractivity contribution in [3.8, 4) is 6.07 Å². The first-order valence-corrected chi connectivity index (χ1v) is 8.13. The zero-order valence-corrected chi connectivity index (χ0v) is 13.5. The van der Waals surface area contributed by atoms with Crippen molar-refractivity contribution >= 4 is 11.7 Å².